The van der Waals surface area contributed by atoms with E-state index in [1.165, 1.54) is 6.07 Å². The fourth-order valence-corrected chi connectivity index (χ4v) is 1.88. The van der Waals surface area contributed by atoms with Crippen LogP contribution in [0.4, 0.5) is 4.39 Å². The zero-order valence-electron chi connectivity index (χ0n) is 8.16. The average Bonchev–Trinajstić information content (AvgIpc) is 2.78. The van der Waals surface area contributed by atoms with Gasteiger partial charge in [-0.05, 0) is 31.0 Å². The van der Waals surface area contributed by atoms with Crippen LogP contribution in [0.25, 0.3) is 11.0 Å². The maximum atomic E-state index is 13.6. The van der Waals surface area contributed by atoms with Crippen molar-refractivity contribution >= 4 is 11.0 Å². The van der Waals surface area contributed by atoms with Gasteiger partial charge in [-0.2, -0.15) is 0 Å². The molecule has 0 aliphatic heterocycles. The Labute approximate surface area is 86.3 Å². The summed E-state index contributed by atoms with van der Waals surface area (Å²) in [4.78, 5) is 0. The lowest BCUT2D eigenvalue weighted by Crippen LogP contribution is -2.12. The van der Waals surface area contributed by atoms with Crippen LogP contribution in [0.2, 0.25) is 0 Å². The molecular formula is C12H11FO2. The number of benzene rings is 1. The summed E-state index contributed by atoms with van der Waals surface area (Å²) in [6, 6.07) is 4.92. The van der Waals surface area contributed by atoms with Crippen LogP contribution in [-0.4, -0.2) is 10.7 Å². The SMILES string of the molecule is OC1(Cc2c(F)ccc3ccoc23)CC1. The first-order chi connectivity index (χ1) is 7.18. The molecule has 15 heavy (non-hydrogen) atoms. The number of halogens is 1. The second-order valence-corrected chi connectivity index (χ2v) is 4.27. The van der Waals surface area contributed by atoms with Crippen molar-refractivity contribution in [1.82, 2.24) is 0 Å². The first kappa shape index (κ1) is 8.92. The summed E-state index contributed by atoms with van der Waals surface area (Å²) in [5.74, 6) is -0.294. The molecule has 3 rings (SSSR count). The number of hydrogen-bond donors (Lipinski definition) is 1. The second kappa shape index (κ2) is 2.83. The van der Waals surface area contributed by atoms with Crippen molar-refractivity contribution in [1.29, 1.82) is 0 Å². The quantitative estimate of drug-likeness (QED) is 0.819. The van der Waals surface area contributed by atoms with E-state index in [0.717, 1.165) is 18.2 Å². The Bertz CT molecular complexity index is 511. The molecule has 1 aliphatic carbocycles. The van der Waals surface area contributed by atoms with Gasteiger partial charge in [-0.25, -0.2) is 4.39 Å². The normalized spacial score (nSPS) is 18.3. The molecule has 1 aliphatic rings. The second-order valence-electron chi connectivity index (χ2n) is 4.27. The van der Waals surface area contributed by atoms with Gasteiger partial charge in [-0.1, -0.05) is 0 Å². The third kappa shape index (κ3) is 1.43. The van der Waals surface area contributed by atoms with Gasteiger partial charge in [-0.3, -0.25) is 0 Å². The molecule has 0 atom stereocenters. The minimum atomic E-state index is -0.693. The van der Waals surface area contributed by atoms with E-state index in [2.05, 4.69) is 0 Å². The minimum Gasteiger partial charge on any atom is -0.464 e. The monoisotopic (exact) mass is 206 g/mol. The molecule has 0 unspecified atom stereocenters. The summed E-state index contributed by atoms with van der Waals surface area (Å²) in [5.41, 5.74) is 0.370. The predicted octanol–water partition coefficient (Wildman–Crippen LogP) is 2.64. The lowest BCUT2D eigenvalue weighted by Gasteiger charge is -2.08. The Balaban J connectivity index is 2.13. The van der Waals surface area contributed by atoms with Gasteiger partial charge in [0.15, 0.2) is 0 Å². The number of rotatable bonds is 2. The van der Waals surface area contributed by atoms with Gasteiger partial charge >= 0.3 is 0 Å². The summed E-state index contributed by atoms with van der Waals surface area (Å²) < 4.78 is 18.8. The third-order valence-electron chi connectivity index (χ3n) is 3.00. The van der Waals surface area contributed by atoms with Gasteiger partial charge in [0, 0.05) is 17.4 Å². The molecule has 2 nitrogen and oxygen atoms in total. The minimum absolute atomic E-state index is 0.294. The van der Waals surface area contributed by atoms with Crippen LogP contribution in [0, 0.1) is 5.82 Å². The average molecular weight is 206 g/mol. The van der Waals surface area contributed by atoms with Crippen molar-refractivity contribution in [3.63, 3.8) is 0 Å². The summed E-state index contributed by atoms with van der Waals surface area (Å²) in [6.45, 7) is 0. The first-order valence-electron chi connectivity index (χ1n) is 5.05. The Morgan fingerprint density at radius 3 is 2.87 bits per heavy atom. The maximum Gasteiger partial charge on any atom is 0.140 e. The van der Waals surface area contributed by atoms with E-state index in [0.29, 0.717) is 17.6 Å². The smallest absolute Gasteiger partial charge is 0.140 e. The zero-order valence-corrected chi connectivity index (χ0v) is 8.16. The van der Waals surface area contributed by atoms with Crippen LogP contribution in [0.3, 0.4) is 0 Å². The van der Waals surface area contributed by atoms with Crippen molar-refractivity contribution in [3.05, 3.63) is 35.8 Å². The summed E-state index contributed by atoms with van der Waals surface area (Å²) >= 11 is 0. The van der Waals surface area contributed by atoms with Crippen LogP contribution in [0.15, 0.2) is 28.9 Å². The van der Waals surface area contributed by atoms with Crippen molar-refractivity contribution < 1.29 is 13.9 Å². The highest BCUT2D eigenvalue weighted by Crippen LogP contribution is 2.40. The van der Waals surface area contributed by atoms with Crippen LogP contribution in [0.5, 0.6) is 0 Å². The van der Waals surface area contributed by atoms with Crippen LogP contribution in [0.1, 0.15) is 18.4 Å². The lowest BCUT2D eigenvalue weighted by molar-refractivity contribution is 0.150. The fraction of sp³-hybridized carbons (Fsp3) is 0.333. The van der Waals surface area contributed by atoms with Gasteiger partial charge < -0.3 is 9.52 Å². The molecule has 78 valence electrons. The van der Waals surface area contributed by atoms with Crippen molar-refractivity contribution in [2.24, 2.45) is 0 Å². The van der Waals surface area contributed by atoms with Crippen LogP contribution < -0.4 is 0 Å². The Morgan fingerprint density at radius 2 is 2.13 bits per heavy atom. The van der Waals surface area contributed by atoms with E-state index < -0.39 is 5.60 Å². The summed E-state index contributed by atoms with van der Waals surface area (Å²) in [5, 5.41) is 10.7. The summed E-state index contributed by atoms with van der Waals surface area (Å²) in [6.07, 6.45) is 3.40. The molecule has 1 heterocycles. The van der Waals surface area contributed by atoms with E-state index in [1.54, 1.807) is 18.4 Å². The standard InChI is InChI=1S/C12H11FO2/c13-10-2-1-8-3-6-15-11(8)9(10)7-12(14)4-5-12/h1-3,6,14H,4-5,7H2. The molecule has 2 aromatic rings. The molecule has 1 N–H and O–H groups in total. The van der Waals surface area contributed by atoms with E-state index in [1.807, 2.05) is 0 Å². The van der Waals surface area contributed by atoms with Gasteiger partial charge in [0.25, 0.3) is 0 Å². The van der Waals surface area contributed by atoms with Crippen molar-refractivity contribution in [2.75, 3.05) is 0 Å². The summed E-state index contributed by atoms with van der Waals surface area (Å²) in [7, 11) is 0. The molecule has 0 bridgehead atoms. The molecule has 0 spiro atoms. The Hall–Kier alpha value is -1.35. The molecular weight excluding hydrogens is 195 g/mol. The van der Waals surface area contributed by atoms with Gasteiger partial charge in [-0.15, -0.1) is 0 Å². The number of hydrogen-bond acceptors (Lipinski definition) is 2. The molecule has 1 saturated carbocycles. The van der Waals surface area contributed by atoms with Crippen LogP contribution >= 0.6 is 0 Å². The Morgan fingerprint density at radius 1 is 1.33 bits per heavy atom. The maximum absolute atomic E-state index is 13.6. The van der Waals surface area contributed by atoms with Crippen LogP contribution in [-0.2, 0) is 6.42 Å². The highest BCUT2D eigenvalue weighted by Gasteiger charge is 2.41. The highest BCUT2D eigenvalue weighted by atomic mass is 19.1. The van der Waals surface area contributed by atoms with E-state index >= 15 is 0 Å². The molecule has 1 aromatic heterocycles. The van der Waals surface area contributed by atoms with Crippen molar-refractivity contribution in [2.45, 2.75) is 24.9 Å². The molecule has 3 heteroatoms. The zero-order chi connectivity index (χ0) is 10.5. The molecule has 1 fully saturated rings. The Kier molecular flexibility index (Phi) is 1.68. The fourth-order valence-electron chi connectivity index (χ4n) is 1.88. The van der Waals surface area contributed by atoms with E-state index in [9.17, 15) is 9.50 Å². The lowest BCUT2D eigenvalue weighted by atomic mass is 10.0. The van der Waals surface area contributed by atoms with E-state index in [-0.39, 0.29) is 5.82 Å². The molecule has 1 aromatic carbocycles. The largest absolute Gasteiger partial charge is 0.464 e. The predicted molar refractivity (Wildman–Crippen MR) is 54.1 cm³/mol. The number of aliphatic hydroxyl groups is 1. The highest BCUT2D eigenvalue weighted by molar-refractivity contribution is 5.80. The molecule has 0 radical (unpaired) electrons. The molecule has 0 saturated heterocycles. The third-order valence-corrected chi connectivity index (χ3v) is 3.00. The van der Waals surface area contributed by atoms with Gasteiger partial charge in [0.1, 0.15) is 11.4 Å². The number of fused-ring (bicyclic) bond motifs is 1. The first-order valence-corrected chi connectivity index (χ1v) is 5.05. The van der Waals surface area contributed by atoms with E-state index in [4.69, 9.17) is 4.42 Å². The topological polar surface area (TPSA) is 33.4 Å². The number of furan rings is 1. The molecule has 0 amide bonds. The van der Waals surface area contributed by atoms with Gasteiger partial charge in [0.05, 0.1) is 11.9 Å². The van der Waals surface area contributed by atoms with Crippen molar-refractivity contribution in [3.8, 4) is 0 Å². The van der Waals surface area contributed by atoms with Gasteiger partial charge in [0.2, 0.25) is 0 Å².